The fraction of sp³-hybridized carbons (Fsp3) is 0.286. The summed E-state index contributed by atoms with van der Waals surface area (Å²) < 4.78 is 11.9. The van der Waals surface area contributed by atoms with Gasteiger partial charge in [0.1, 0.15) is 11.5 Å². The smallest absolute Gasteiger partial charge is 0.347 e. The molecule has 12 heteroatoms. The van der Waals surface area contributed by atoms with Gasteiger partial charge in [0.15, 0.2) is 0 Å². The van der Waals surface area contributed by atoms with E-state index in [0.717, 1.165) is 38.0 Å². The van der Waals surface area contributed by atoms with Crippen LogP contribution in [0, 0.1) is 5.92 Å². The summed E-state index contributed by atoms with van der Waals surface area (Å²) >= 11 is 0. The molecule has 61 heavy (non-hydrogen) atoms. The maximum atomic E-state index is 13.8. The molecule has 6 aromatic rings. The predicted octanol–water partition coefficient (Wildman–Crippen LogP) is 5.95. The molecule has 316 valence electrons. The average Bonchev–Trinajstić information content (AvgIpc) is 3.29. The molecule has 1 unspecified atom stereocenters. The minimum Gasteiger partial charge on any atom is -0.506 e. The number of nitrogens with one attached hydrogen (secondary N) is 3. The van der Waals surface area contributed by atoms with Crippen LogP contribution in [0.1, 0.15) is 63.5 Å². The Kier molecular flexibility index (Phi) is 14.2. The van der Waals surface area contributed by atoms with Crippen molar-refractivity contribution in [3.05, 3.63) is 177 Å². The zero-order valence-corrected chi connectivity index (χ0v) is 34.0. The number of aliphatic hydroxyl groups is 2. The molecule has 0 saturated carbocycles. The van der Waals surface area contributed by atoms with E-state index in [2.05, 4.69) is 44.8 Å². The number of piperidine rings is 1. The normalized spacial score (nSPS) is 14.9. The van der Waals surface area contributed by atoms with E-state index in [-0.39, 0.29) is 48.4 Å². The number of rotatable bonds is 18. The predicted molar refractivity (Wildman–Crippen MR) is 233 cm³/mol. The Morgan fingerprint density at radius 1 is 0.836 bits per heavy atom. The molecule has 6 N–H and O–H groups in total. The highest BCUT2D eigenvalue weighted by atomic mass is 16.5. The number of phenolic OH excluding ortho intramolecular Hbond substituents is 1. The number of aromatic nitrogens is 1. The molecular formula is C49H52N4O8. The number of aromatic hydroxyl groups is 1. The maximum absolute atomic E-state index is 13.8. The Morgan fingerprint density at radius 2 is 1.56 bits per heavy atom. The second-order valence-corrected chi connectivity index (χ2v) is 15.5. The molecule has 0 spiro atoms. The third-order valence-corrected chi connectivity index (χ3v) is 11.2. The highest BCUT2D eigenvalue weighted by molar-refractivity contribution is 5.94. The monoisotopic (exact) mass is 824 g/mol. The van der Waals surface area contributed by atoms with E-state index < -0.39 is 17.7 Å². The molecule has 1 fully saturated rings. The van der Waals surface area contributed by atoms with Crippen molar-refractivity contribution in [3.63, 3.8) is 0 Å². The molecule has 1 aromatic heterocycles. The lowest BCUT2D eigenvalue weighted by atomic mass is 9.86. The van der Waals surface area contributed by atoms with Crippen molar-refractivity contribution in [2.45, 2.75) is 44.1 Å². The number of likely N-dealkylation sites (tertiary alicyclic amines) is 1. The van der Waals surface area contributed by atoms with Gasteiger partial charge in [-0.2, -0.15) is 0 Å². The van der Waals surface area contributed by atoms with Gasteiger partial charge in [0.05, 0.1) is 24.8 Å². The Balaban J connectivity index is 0.855. The lowest BCUT2D eigenvalue weighted by molar-refractivity contribution is -0.164. The number of pyridine rings is 1. The maximum Gasteiger partial charge on any atom is 0.347 e. The Morgan fingerprint density at radius 3 is 2.31 bits per heavy atom. The molecule has 5 aromatic carbocycles. The molecule has 0 radical (unpaired) electrons. The minimum absolute atomic E-state index is 0.0670. The van der Waals surface area contributed by atoms with Crippen LogP contribution in [0.3, 0.4) is 0 Å². The van der Waals surface area contributed by atoms with E-state index in [1.54, 1.807) is 72.8 Å². The van der Waals surface area contributed by atoms with Gasteiger partial charge in [-0.15, -0.1) is 0 Å². The van der Waals surface area contributed by atoms with Crippen LogP contribution in [-0.4, -0.2) is 76.5 Å². The zero-order valence-electron chi connectivity index (χ0n) is 34.0. The van der Waals surface area contributed by atoms with E-state index in [1.807, 2.05) is 24.3 Å². The molecule has 12 nitrogen and oxygen atoms in total. The number of hydrogen-bond donors (Lipinski definition) is 6. The Bertz CT molecular complexity index is 2440. The number of aromatic amines is 1. The number of esters is 1. The van der Waals surface area contributed by atoms with E-state index in [9.17, 15) is 29.7 Å². The Labute approximate surface area is 354 Å². The molecule has 1 aliphatic rings. The number of aliphatic hydroxyl groups excluding tert-OH is 1. The van der Waals surface area contributed by atoms with Gasteiger partial charge in [0.25, 0.3) is 5.91 Å². The van der Waals surface area contributed by atoms with Crippen molar-refractivity contribution in [1.29, 1.82) is 0 Å². The molecule has 1 amide bonds. The van der Waals surface area contributed by atoms with Crippen molar-refractivity contribution in [2.24, 2.45) is 5.92 Å². The number of carbonyl (C=O) groups is 2. The Hall–Kier alpha value is -6.31. The molecular weight excluding hydrogens is 773 g/mol. The van der Waals surface area contributed by atoms with Gasteiger partial charge in [0.2, 0.25) is 11.2 Å². The van der Waals surface area contributed by atoms with E-state index in [1.165, 1.54) is 17.7 Å². The number of fused-ring (bicyclic) bond motifs is 1. The van der Waals surface area contributed by atoms with Crippen LogP contribution in [0.2, 0.25) is 0 Å². The van der Waals surface area contributed by atoms with Crippen molar-refractivity contribution >= 4 is 22.8 Å². The van der Waals surface area contributed by atoms with Crippen LogP contribution < -0.4 is 20.9 Å². The number of H-pyrrole nitrogens is 1. The second kappa shape index (κ2) is 20.3. The first kappa shape index (κ1) is 42.8. The molecule has 2 heterocycles. The second-order valence-electron chi connectivity index (χ2n) is 15.5. The average molecular weight is 825 g/mol. The van der Waals surface area contributed by atoms with Crippen LogP contribution in [0.5, 0.6) is 11.5 Å². The minimum atomic E-state index is -2.04. The SMILES string of the molecule is O=C(NCCCOc1cccc(C(O)(C(=O)OCC2CCN(Cc3ccccc3)CC2)c2ccccc2)c1)c1ccc(CNC[C@H](O)c2ccc(O)c3[nH]c(=O)ccc23)cc1. The first-order chi connectivity index (χ1) is 29.7. The lowest BCUT2D eigenvalue weighted by Crippen LogP contribution is -2.40. The number of hydrogen-bond acceptors (Lipinski definition) is 10. The number of nitrogens with zero attached hydrogens (tertiary/aromatic N) is 1. The van der Waals surface area contributed by atoms with Gasteiger partial charge in [-0.3, -0.25) is 14.5 Å². The van der Waals surface area contributed by atoms with Crippen LogP contribution >= 0.6 is 0 Å². The largest absolute Gasteiger partial charge is 0.506 e. The lowest BCUT2D eigenvalue weighted by Gasteiger charge is -2.33. The third-order valence-electron chi connectivity index (χ3n) is 11.2. The van der Waals surface area contributed by atoms with E-state index >= 15 is 0 Å². The van der Waals surface area contributed by atoms with Crippen molar-refractivity contribution in [2.75, 3.05) is 39.4 Å². The van der Waals surface area contributed by atoms with Gasteiger partial charge in [-0.25, -0.2) is 4.79 Å². The van der Waals surface area contributed by atoms with Gasteiger partial charge < -0.3 is 40.4 Å². The standard InChI is InChI=1S/C49H52N4O8/c54-43-21-19-41(42-20-22-45(56)52-46(42)43)44(55)31-50-30-34-15-17-37(18-16-34)47(57)51-25-8-28-60-40-14-7-13-39(29-40)49(59,38-11-5-2-6-12-38)48(58)61-33-36-23-26-53(27-24-36)32-35-9-3-1-4-10-35/h1-7,9-22,29,36,44,50,54-55,59H,8,23-28,30-33H2,(H,51,57)(H,52,56)/t44-,49?/m0/s1. The van der Waals surface area contributed by atoms with Crippen molar-refractivity contribution in [1.82, 2.24) is 20.5 Å². The highest BCUT2D eigenvalue weighted by Crippen LogP contribution is 2.34. The van der Waals surface area contributed by atoms with Crippen molar-refractivity contribution in [3.8, 4) is 11.5 Å². The van der Waals surface area contributed by atoms with Crippen LogP contribution in [0.15, 0.2) is 138 Å². The number of benzene rings is 5. The molecule has 0 bridgehead atoms. The highest BCUT2D eigenvalue weighted by Gasteiger charge is 2.42. The summed E-state index contributed by atoms with van der Waals surface area (Å²) in [5, 5.41) is 39.8. The van der Waals surface area contributed by atoms with Gasteiger partial charge >= 0.3 is 5.97 Å². The van der Waals surface area contributed by atoms with Crippen LogP contribution in [0.25, 0.3) is 10.9 Å². The molecule has 1 aliphatic heterocycles. The number of phenols is 1. The quantitative estimate of drug-likeness (QED) is 0.0450. The molecule has 1 saturated heterocycles. The number of ether oxygens (including phenoxy) is 2. The fourth-order valence-corrected chi connectivity index (χ4v) is 7.70. The summed E-state index contributed by atoms with van der Waals surface area (Å²) in [5.74, 6) is -0.341. The third kappa shape index (κ3) is 10.9. The molecule has 0 aliphatic carbocycles. The summed E-state index contributed by atoms with van der Waals surface area (Å²) in [6.07, 6.45) is 1.44. The molecule has 2 atom stereocenters. The van der Waals surface area contributed by atoms with E-state index in [4.69, 9.17) is 9.47 Å². The van der Waals surface area contributed by atoms with Gasteiger partial charge in [0, 0.05) is 48.8 Å². The fourth-order valence-electron chi connectivity index (χ4n) is 7.70. The van der Waals surface area contributed by atoms with Gasteiger partial charge in [-0.1, -0.05) is 91.0 Å². The summed E-state index contributed by atoms with van der Waals surface area (Å²) in [4.78, 5) is 43.4. The van der Waals surface area contributed by atoms with Crippen molar-refractivity contribution < 1.29 is 34.4 Å². The van der Waals surface area contributed by atoms with Gasteiger partial charge in [-0.05, 0) is 96.9 Å². The van der Waals surface area contributed by atoms with Crippen LogP contribution in [0.4, 0.5) is 0 Å². The zero-order chi connectivity index (χ0) is 42.6. The summed E-state index contributed by atoms with van der Waals surface area (Å²) in [6.45, 7) is 4.29. The number of amides is 1. The first-order valence-electron chi connectivity index (χ1n) is 20.7. The molecule has 7 rings (SSSR count). The number of carbonyl (C=O) groups excluding carboxylic acids is 2. The first-order valence-corrected chi connectivity index (χ1v) is 20.7. The summed E-state index contributed by atoms with van der Waals surface area (Å²) in [5.41, 5.74) is 1.92. The topological polar surface area (TPSA) is 173 Å². The summed E-state index contributed by atoms with van der Waals surface area (Å²) in [6, 6.07) is 39.2. The van der Waals surface area contributed by atoms with E-state index in [0.29, 0.717) is 52.9 Å². The van der Waals surface area contributed by atoms with Crippen LogP contribution in [-0.2, 0) is 28.2 Å². The summed E-state index contributed by atoms with van der Waals surface area (Å²) in [7, 11) is 0.